The fourth-order valence-corrected chi connectivity index (χ4v) is 0.860. The molecule has 0 saturated heterocycles. The second kappa shape index (κ2) is 2.03. The third-order valence-electron chi connectivity index (χ3n) is 0.847. The molecule has 0 atom stereocenters. The highest BCUT2D eigenvalue weighted by Gasteiger charge is 2.05. The van der Waals surface area contributed by atoms with Gasteiger partial charge in [-0.1, -0.05) is 0 Å². The second-order valence-corrected chi connectivity index (χ2v) is 3.11. The third-order valence-corrected chi connectivity index (χ3v) is 1.54. The van der Waals surface area contributed by atoms with Gasteiger partial charge in [0.15, 0.2) is 0 Å². The van der Waals surface area contributed by atoms with Gasteiger partial charge >= 0.3 is 10.2 Å². The van der Waals surface area contributed by atoms with Crippen LogP contribution in [0, 0.1) is 6.92 Å². The van der Waals surface area contributed by atoms with Crippen molar-refractivity contribution in [2.45, 2.75) is 6.92 Å². The SMILES string of the molecule is Cc1ncn(S(N)(=O)=O)n1. The fourth-order valence-electron chi connectivity index (χ4n) is 0.450. The van der Waals surface area contributed by atoms with Gasteiger partial charge in [-0.05, 0) is 6.92 Å². The Morgan fingerprint density at radius 3 is 2.50 bits per heavy atom. The van der Waals surface area contributed by atoms with Crippen molar-refractivity contribution in [2.24, 2.45) is 5.14 Å². The second-order valence-electron chi connectivity index (χ2n) is 1.71. The highest BCUT2D eigenvalue weighted by molar-refractivity contribution is 7.87. The van der Waals surface area contributed by atoms with Crippen molar-refractivity contribution in [3.05, 3.63) is 12.2 Å². The molecule has 0 amide bonds. The molecule has 2 N–H and O–H groups in total. The average Bonchev–Trinajstić information content (AvgIpc) is 2.11. The van der Waals surface area contributed by atoms with Gasteiger partial charge < -0.3 is 0 Å². The Morgan fingerprint density at radius 1 is 1.70 bits per heavy atom. The Labute approximate surface area is 57.9 Å². The van der Waals surface area contributed by atoms with E-state index in [0.717, 1.165) is 6.33 Å². The van der Waals surface area contributed by atoms with Crippen molar-refractivity contribution in [2.75, 3.05) is 0 Å². The minimum Gasteiger partial charge on any atom is -0.219 e. The minimum absolute atomic E-state index is 0.369. The van der Waals surface area contributed by atoms with E-state index in [1.54, 1.807) is 6.92 Å². The number of nitrogens with zero attached hydrogens (tertiary/aromatic N) is 3. The molecule has 1 aromatic heterocycles. The number of hydrogen-bond donors (Lipinski definition) is 1. The molecule has 0 aliphatic carbocycles. The zero-order valence-electron chi connectivity index (χ0n) is 5.22. The van der Waals surface area contributed by atoms with E-state index in [2.05, 4.69) is 10.1 Å². The van der Waals surface area contributed by atoms with Crippen LogP contribution in [-0.4, -0.2) is 22.6 Å². The number of nitrogens with two attached hydrogens (primary N) is 1. The summed E-state index contributed by atoms with van der Waals surface area (Å²) < 4.78 is 21.6. The average molecular weight is 162 g/mol. The minimum atomic E-state index is -3.74. The van der Waals surface area contributed by atoms with Crippen LogP contribution in [0.3, 0.4) is 0 Å². The predicted molar refractivity (Wildman–Crippen MR) is 33.3 cm³/mol. The fraction of sp³-hybridized carbons (Fsp3) is 0.333. The zero-order valence-corrected chi connectivity index (χ0v) is 6.04. The van der Waals surface area contributed by atoms with E-state index < -0.39 is 10.2 Å². The monoisotopic (exact) mass is 162 g/mol. The molecule has 0 aliphatic heterocycles. The number of rotatable bonds is 1. The van der Waals surface area contributed by atoms with E-state index >= 15 is 0 Å². The Bertz CT molecular complexity index is 326. The highest BCUT2D eigenvalue weighted by atomic mass is 32.2. The van der Waals surface area contributed by atoms with Crippen LogP contribution in [0.25, 0.3) is 0 Å². The Hall–Kier alpha value is -0.950. The van der Waals surface area contributed by atoms with E-state index in [4.69, 9.17) is 5.14 Å². The van der Waals surface area contributed by atoms with Gasteiger partial charge in [-0.2, -0.15) is 8.42 Å². The molecule has 0 bridgehead atoms. The van der Waals surface area contributed by atoms with E-state index in [1.807, 2.05) is 0 Å². The zero-order chi connectivity index (χ0) is 7.78. The maximum atomic E-state index is 10.5. The molecule has 1 heterocycles. The number of aromatic nitrogens is 3. The molecular weight excluding hydrogens is 156 g/mol. The molecule has 0 radical (unpaired) electrons. The molecular formula is C3H6N4O2S. The first kappa shape index (κ1) is 7.16. The molecule has 0 unspecified atom stereocenters. The van der Waals surface area contributed by atoms with Crippen LogP contribution in [0.5, 0.6) is 0 Å². The van der Waals surface area contributed by atoms with Gasteiger partial charge in [0.25, 0.3) is 0 Å². The predicted octanol–water partition coefficient (Wildman–Crippen LogP) is -1.36. The topological polar surface area (TPSA) is 90.9 Å². The Balaban J connectivity index is 3.21. The largest absolute Gasteiger partial charge is 0.319 e. The molecule has 7 heteroatoms. The first-order chi connectivity index (χ1) is 4.50. The van der Waals surface area contributed by atoms with Crippen molar-refractivity contribution < 1.29 is 8.42 Å². The summed E-state index contributed by atoms with van der Waals surface area (Å²) >= 11 is 0. The van der Waals surface area contributed by atoms with Crippen molar-refractivity contribution in [1.29, 1.82) is 0 Å². The summed E-state index contributed by atoms with van der Waals surface area (Å²) in [7, 11) is -3.74. The van der Waals surface area contributed by atoms with Crippen LogP contribution in [-0.2, 0) is 10.2 Å². The van der Waals surface area contributed by atoms with Crippen LogP contribution < -0.4 is 5.14 Å². The van der Waals surface area contributed by atoms with Crippen LogP contribution in [0.15, 0.2) is 6.33 Å². The van der Waals surface area contributed by atoms with Gasteiger partial charge in [0, 0.05) is 0 Å². The highest BCUT2D eigenvalue weighted by Crippen LogP contribution is 1.87. The molecule has 56 valence electrons. The quantitative estimate of drug-likeness (QED) is 0.552. The summed E-state index contributed by atoms with van der Waals surface area (Å²) in [6.07, 6.45) is 1.05. The van der Waals surface area contributed by atoms with Crippen molar-refractivity contribution in [1.82, 2.24) is 14.2 Å². The summed E-state index contributed by atoms with van der Waals surface area (Å²) in [5.41, 5.74) is 0. The van der Waals surface area contributed by atoms with Crippen LogP contribution >= 0.6 is 0 Å². The van der Waals surface area contributed by atoms with Gasteiger partial charge in [0.1, 0.15) is 12.2 Å². The first-order valence-corrected chi connectivity index (χ1v) is 3.92. The molecule has 1 rings (SSSR count). The molecule has 6 nitrogen and oxygen atoms in total. The molecule has 0 fully saturated rings. The summed E-state index contributed by atoms with van der Waals surface area (Å²) in [4.78, 5) is 3.58. The van der Waals surface area contributed by atoms with Crippen molar-refractivity contribution >= 4 is 10.2 Å². The lowest BCUT2D eigenvalue weighted by Gasteiger charge is -1.91. The molecule has 1 aromatic rings. The van der Waals surface area contributed by atoms with Crippen molar-refractivity contribution in [3.8, 4) is 0 Å². The number of hydrogen-bond acceptors (Lipinski definition) is 4. The van der Waals surface area contributed by atoms with Crippen LogP contribution in [0.2, 0.25) is 0 Å². The molecule has 0 aromatic carbocycles. The summed E-state index contributed by atoms with van der Waals surface area (Å²) in [6, 6.07) is 0. The normalized spacial score (nSPS) is 11.8. The van der Waals surface area contributed by atoms with Gasteiger partial charge in [0.2, 0.25) is 0 Å². The standard InChI is InChI=1S/C3H6N4O2S/c1-3-5-2-7(6-3)10(4,8)9/h2H,1H3,(H2,4,8,9). The lowest BCUT2D eigenvalue weighted by atomic mass is 10.8. The Morgan fingerprint density at radius 2 is 2.30 bits per heavy atom. The van der Waals surface area contributed by atoms with Crippen LogP contribution in [0.4, 0.5) is 0 Å². The van der Waals surface area contributed by atoms with Gasteiger partial charge in [0.05, 0.1) is 0 Å². The van der Waals surface area contributed by atoms with Crippen molar-refractivity contribution in [3.63, 3.8) is 0 Å². The van der Waals surface area contributed by atoms with Gasteiger partial charge in [-0.25, -0.2) is 10.1 Å². The molecule has 0 saturated carbocycles. The third kappa shape index (κ3) is 1.31. The van der Waals surface area contributed by atoms with Gasteiger partial charge in [-0.3, -0.25) is 0 Å². The molecule has 10 heavy (non-hydrogen) atoms. The molecule has 0 aliphatic rings. The van der Waals surface area contributed by atoms with E-state index in [1.165, 1.54) is 0 Å². The number of aryl methyl sites for hydroxylation is 1. The summed E-state index contributed by atoms with van der Waals surface area (Å²) in [6.45, 7) is 1.57. The van der Waals surface area contributed by atoms with E-state index in [0.29, 0.717) is 9.91 Å². The maximum Gasteiger partial charge on any atom is 0.319 e. The van der Waals surface area contributed by atoms with E-state index in [-0.39, 0.29) is 0 Å². The first-order valence-electron chi connectivity index (χ1n) is 2.42. The lowest BCUT2D eigenvalue weighted by molar-refractivity contribution is 0.581. The Kier molecular flexibility index (Phi) is 1.45. The maximum absolute atomic E-state index is 10.5. The summed E-state index contributed by atoms with van der Waals surface area (Å²) in [5.74, 6) is 0.369. The molecule has 0 spiro atoms. The lowest BCUT2D eigenvalue weighted by Crippen LogP contribution is -2.22. The van der Waals surface area contributed by atoms with Crippen LogP contribution in [0.1, 0.15) is 5.82 Å². The van der Waals surface area contributed by atoms with E-state index in [9.17, 15) is 8.42 Å². The smallest absolute Gasteiger partial charge is 0.219 e. The van der Waals surface area contributed by atoms with Gasteiger partial charge in [-0.15, -0.1) is 9.19 Å². The summed E-state index contributed by atoms with van der Waals surface area (Å²) in [5, 5.41) is 8.18.